The fraction of sp³-hybridized carbons (Fsp3) is 0.455. The Bertz CT molecular complexity index is 386. The summed E-state index contributed by atoms with van der Waals surface area (Å²) < 4.78 is 39.0. The van der Waals surface area contributed by atoms with Gasteiger partial charge in [-0.3, -0.25) is 0 Å². The van der Waals surface area contributed by atoms with Crippen LogP contribution in [0.1, 0.15) is 30.4 Å². The van der Waals surface area contributed by atoms with Gasteiger partial charge in [0.15, 0.2) is 11.6 Å². The zero-order valence-electron chi connectivity index (χ0n) is 8.19. The van der Waals surface area contributed by atoms with Gasteiger partial charge in [0.2, 0.25) is 0 Å². The van der Waals surface area contributed by atoms with Gasteiger partial charge in [-0.1, -0.05) is 0 Å². The summed E-state index contributed by atoms with van der Waals surface area (Å²) in [5.74, 6) is -1.95. The van der Waals surface area contributed by atoms with Crippen LogP contribution in [0, 0.1) is 11.6 Å². The van der Waals surface area contributed by atoms with Gasteiger partial charge < -0.3 is 5.73 Å². The maximum Gasteiger partial charge on any atom is 0.163 e. The van der Waals surface area contributed by atoms with Crippen molar-refractivity contribution < 1.29 is 13.2 Å². The number of benzene rings is 1. The summed E-state index contributed by atoms with van der Waals surface area (Å²) in [7, 11) is 0. The van der Waals surface area contributed by atoms with E-state index in [4.69, 9.17) is 5.73 Å². The summed E-state index contributed by atoms with van der Waals surface area (Å²) in [6, 6.07) is 2.21. The van der Waals surface area contributed by atoms with E-state index >= 15 is 0 Å². The maximum atomic E-state index is 13.5. The van der Waals surface area contributed by atoms with Crippen LogP contribution in [0.3, 0.4) is 0 Å². The molecule has 0 radical (unpaired) electrons. The van der Waals surface area contributed by atoms with Crippen molar-refractivity contribution in [1.29, 1.82) is 0 Å². The molecule has 2 rings (SSSR count). The van der Waals surface area contributed by atoms with Crippen LogP contribution < -0.4 is 5.73 Å². The van der Waals surface area contributed by atoms with E-state index in [0.717, 1.165) is 12.5 Å². The molecule has 82 valence electrons. The lowest BCUT2D eigenvalue weighted by Gasteiger charge is -2.39. The van der Waals surface area contributed by atoms with E-state index in [-0.39, 0.29) is 11.1 Å². The van der Waals surface area contributed by atoms with Crippen molar-refractivity contribution in [3.63, 3.8) is 0 Å². The van der Waals surface area contributed by atoms with Gasteiger partial charge in [0, 0.05) is 11.1 Å². The van der Waals surface area contributed by atoms with Gasteiger partial charge in [-0.05, 0) is 37.0 Å². The van der Waals surface area contributed by atoms with Crippen molar-refractivity contribution in [3.8, 4) is 0 Å². The van der Waals surface area contributed by atoms with Gasteiger partial charge in [0.1, 0.15) is 6.67 Å². The van der Waals surface area contributed by atoms with Crippen LogP contribution >= 0.6 is 0 Å². The van der Waals surface area contributed by atoms with E-state index in [1.807, 2.05) is 0 Å². The number of hydrogen-bond acceptors (Lipinski definition) is 1. The number of halogens is 3. The molecule has 0 spiro atoms. The molecular weight excluding hydrogens is 203 g/mol. The Morgan fingerprint density at radius 2 is 1.93 bits per heavy atom. The number of alkyl halides is 1. The highest BCUT2D eigenvalue weighted by Gasteiger charge is 2.37. The lowest BCUT2D eigenvalue weighted by atomic mass is 9.72. The first-order chi connectivity index (χ1) is 7.07. The Morgan fingerprint density at radius 3 is 2.40 bits per heavy atom. The van der Waals surface area contributed by atoms with Crippen LogP contribution in [0.4, 0.5) is 13.2 Å². The quantitative estimate of drug-likeness (QED) is 0.806. The minimum atomic E-state index is -1.02. The summed E-state index contributed by atoms with van der Waals surface area (Å²) in [6.07, 6.45) is 2.15. The minimum Gasteiger partial charge on any atom is -0.321 e. The second-order valence-electron chi connectivity index (χ2n) is 4.08. The first-order valence-electron chi connectivity index (χ1n) is 4.90. The Morgan fingerprint density at radius 1 is 1.27 bits per heavy atom. The molecule has 0 saturated heterocycles. The maximum absolute atomic E-state index is 13.5. The molecule has 0 heterocycles. The predicted molar refractivity (Wildman–Crippen MR) is 50.9 cm³/mol. The molecule has 4 heteroatoms. The Balaban J connectivity index is 2.49. The molecule has 1 nitrogen and oxygen atoms in total. The van der Waals surface area contributed by atoms with Crippen LogP contribution in [0.25, 0.3) is 0 Å². The van der Waals surface area contributed by atoms with Gasteiger partial charge >= 0.3 is 0 Å². The van der Waals surface area contributed by atoms with E-state index in [2.05, 4.69) is 0 Å². The summed E-state index contributed by atoms with van der Waals surface area (Å²) in [5.41, 5.74) is 5.34. The van der Waals surface area contributed by atoms with E-state index in [9.17, 15) is 13.2 Å². The Labute approximate surface area is 86.1 Å². The predicted octanol–water partition coefficient (Wildman–Crippen LogP) is 2.77. The summed E-state index contributed by atoms with van der Waals surface area (Å²) in [5, 5.41) is 0. The second kappa shape index (κ2) is 3.52. The van der Waals surface area contributed by atoms with Crippen LogP contribution in [0.15, 0.2) is 12.1 Å². The molecule has 0 bridgehead atoms. The zero-order chi connectivity index (χ0) is 11.1. The molecule has 1 aromatic carbocycles. The second-order valence-corrected chi connectivity index (χ2v) is 4.08. The normalized spacial score (nSPS) is 18.7. The van der Waals surface area contributed by atoms with Gasteiger partial charge in [0.05, 0.1) is 0 Å². The SMILES string of the molecule is NC1(c2cc(CF)cc(F)c2F)CCC1. The van der Waals surface area contributed by atoms with E-state index < -0.39 is 23.8 Å². The van der Waals surface area contributed by atoms with Gasteiger partial charge in [0.25, 0.3) is 0 Å². The first-order valence-corrected chi connectivity index (χ1v) is 4.90. The smallest absolute Gasteiger partial charge is 0.163 e. The molecule has 0 amide bonds. The zero-order valence-corrected chi connectivity index (χ0v) is 8.19. The third-order valence-electron chi connectivity index (χ3n) is 3.02. The van der Waals surface area contributed by atoms with Crippen LogP contribution in [-0.4, -0.2) is 0 Å². The molecule has 15 heavy (non-hydrogen) atoms. The van der Waals surface area contributed by atoms with Crippen LogP contribution in [-0.2, 0) is 12.2 Å². The van der Waals surface area contributed by atoms with Gasteiger partial charge in [-0.15, -0.1) is 0 Å². The fourth-order valence-electron chi connectivity index (χ4n) is 1.91. The van der Waals surface area contributed by atoms with Crippen molar-refractivity contribution >= 4 is 0 Å². The molecule has 1 aliphatic carbocycles. The molecule has 1 fully saturated rings. The van der Waals surface area contributed by atoms with Crippen molar-refractivity contribution in [3.05, 3.63) is 34.9 Å². The highest BCUT2D eigenvalue weighted by atomic mass is 19.2. The average Bonchev–Trinajstić information content (AvgIpc) is 2.18. The summed E-state index contributed by atoms with van der Waals surface area (Å²) >= 11 is 0. The standard InChI is InChI=1S/C11H12F3N/c12-6-7-4-8(10(14)9(13)5-7)11(15)2-1-3-11/h4-5H,1-3,6,15H2. The van der Waals surface area contributed by atoms with E-state index in [1.165, 1.54) is 6.07 Å². The van der Waals surface area contributed by atoms with Crippen molar-refractivity contribution in [2.24, 2.45) is 5.73 Å². The average molecular weight is 215 g/mol. The summed E-state index contributed by atoms with van der Waals surface area (Å²) in [4.78, 5) is 0. The molecule has 2 N–H and O–H groups in total. The molecule has 0 atom stereocenters. The van der Waals surface area contributed by atoms with E-state index in [0.29, 0.717) is 12.8 Å². The fourth-order valence-corrected chi connectivity index (χ4v) is 1.91. The number of hydrogen-bond donors (Lipinski definition) is 1. The third-order valence-corrected chi connectivity index (χ3v) is 3.02. The van der Waals surface area contributed by atoms with Gasteiger partial charge in [-0.25, -0.2) is 13.2 Å². The highest BCUT2D eigenvalue weighted by Crippen LogP contribution is 2.40. The molecule has 1 aliphatic rings. The Kier molecular flexibility index (Phi) is 2.46. The lowest BCUT2D eigenvalue weighted by Crippen LogP contribution is -2.44. The summed E-state index contributed by atoms with van der Waals surface area (Å²) in [6.45, 7) is -0.805. The number of rotatable bonds is 2. The highest BCUT2D eigenvalue weighted by molar-refractivity contribution is 5.33. The Hall–Kier alpha value is -1.03. The molecular formula is C11H12F3N. The third kappa shape index (κ3) is 1.63. The monoisotopic (exact) mass is 215 g/mol. The van der Waals surface area contributed by atoms with E-state index in [1.54, 1.807) is 0 Å². The minimum absolute atomic E-state index is 0.112. The molecule has 1 aromatic rings. The topological polar surface area (TPSA) is 26.0 Å². The first kappa shape index (κ1) is 10.5. The molecule has 0 aromatic heterocycles. The van der Waals surface area contributed by atoms with Crippen molar-refractivity contribution in [2.75, 3.05) is 0 Å². The molecule has 0 unspecified atom stereocenters. The molecule has 0 aliphatic heterocycles. The van der Waals surface area contributed by atoms with Crippen LogP contribution in [0.5, 0.6) is 0 Å². The van der Waals surface area contributed by atoms with Crippen molar-refractivity contribution in [2.45, 2.75) is 31.5 Å². The van der Waals surface area contributed by atoms with Gasteiger partial charge in [-0.2, -0.15) is 0 Å². The largest absolute Gasteiger partial charge is 0.321 e. The van der Waals surface area contributed by atoms with Crippen molar-refractivity contribution in [1.82, 2.24) is 0 Å². The molecule has 1 saturated carbocycles. The lowest BCUT2D eigenvalue weighted by molar-refractivity contribution is 0.242. The number of nitrogens with two attached hydrogens (primary N) is 1. The van der Waals surface area contributed by atoms with Crippen LogP contribution in [0.2, 0.25) is 0 Å².